The molecular formula is C19H20BrN3O4. The van der Waals surface area contributed by atoms with E-state index in [1.807, 2.05) is 6.07 Å². The predicted octanol–water partition coefficient (Wildman–Crippen LogP) is 3.69. The minimum Gasteiger partial charge on any atom is -0.466 e. The maximum atomic E-state index is 11.1. The summed E-state index contributed by atoms with van der Waals surface area (Å²) in [6.45, 7) is 11.1. The molecule has 2 aromatic rings. The Labute approximate surface area is 166 Å². The number of esters is 2. The first-order valence-electron chi connectivity index (χ1n) is 8.23. The van der Waals surface area contributed by atoms with Crippen molar-refractivity contribution in [2.24, 2.45) is 0 Å². The van der Waals surface area contributed by atoms with E-state index in [9.17, 15) is 9.59 Å². The Bertz CT molecular complexity index is 806. The van der Waals surface area contributed by atoms with Gasteiger partial charge in [-0.3, -0.25) is 19.6 Å². The van der Waals surface area contributed by atoms with Gasteiger partial charge >= 0.3 is 11.9 Å². The third-order valence-electron chi connectivity index (χ3n) is 3.06. The van der Waals surface area contributed by atoms with E-state index in [1.165, 1.54) is 0 Å². The average Bonchev–Trinajstić information content (AvgIpc) is 2.65. The molecule has 0 aliphatic carbocycles. The summed E-state index contributed by atoms with van der Waals surface area (Å²) in [5, 5.41) is 0. The molecule has 0 spiro atoms. The Balaban J connectivity index is 0.000000271. The number of pyridine rings is 2. The lowest BCUT2D eigenvalue weighted by molar-refractivity contribution is -0.143. The second-order valence-corrected chi connectivity index (χ2v) is 5.83. The van der Waals surface area contributed by atoms with Gasteiger partial charge in [0.05, 0.1) is 44.0 Å². The standard InChI is InChI=1S/C10H10N2O2.C9H10BrNO2/c1-3-14-10(13)7-9-8(11-2)5-4-6-12-9;1-2-13-9(12)6-8-7(10)4-3-5-11-8/h4-6H,3,7H2,1H3;3-5H,2,6H2,1H3. The number of hydrogen-bond donors (Lipinski definition) is 0. The molecule has 8 heteroatoms. The maximum absolute atomic E-state index is 11.1. The van der Waals surface area contributed by atoms with E-state index in [4.69, 9.17) is 16.0 Å². The van der Waals surface area contributed by atoms with E-state index in [-0.39, 0.29) is 24.8 Å². The van der Waals surface area contributed by atoms with Crippen molar-refractivity contribution in [3.05, 3.63) is 63.9 Å². The fourth-order valence-electron chi connectivity index (χ4n) is 1.91. The second-order valence-electron chi connectivity index (χ2n) is 4.98. The summed E-state index contributed by atoms with van der Waals surface area (Å²) in [5.74, 6) is -0.599. The molecule has 0 radical (unpaired) electrons. The number of ether oxygens (including phenoxy) is 2. The molecule has 2 rings (SSSR count). The number of rotatable bonds is 6. The van der Waals surface area contributed by atoms with Crippen LogP contribution in [-0.4, -0.2) is 35.1 Å². The molecule has 0 unspecified atom stereocenters. The largest absolute Gasteiger partial charge is 0.466 e. The summed E-state index contributed by atoms with van der Waals surface area (Å²) in [6, 6.07) is 6.96. The van der Waals surface area contributed by atoms with Gasteiger partial charge in [0.1, 0.15) is 0 Å². The molecule has 27 heavy (non-hydrogen) atoms. The van der Waals surface area contributed by atoms with Gasteiger partial charge in [-0.25, -0.2) is 4.85 Å². The Kier molecular flexibility index (Phi) is 10.3. The molecule has 0 bridgehead atoms. The van der Waals surface area contributed by atoms with Crippen LogP contribution in [0.15, 0.2) is 41.1 Å². The van der Waals surface area contributed by atoms with Crippen molar-refractivity contribution in [3.8, 4) is 0 Å². The van der Waals surface area contributed by atoms with Crippen molar-refractivity contribution >= 4 is 33.6 Å². The lowest BCUT2D eigenvalue weighted by Gasteiger charge is -2.02. The highest BCUT2D eigenvalue weighted by atomic mass is 79.9. The number of nitrogens with zero attached hydrogens (tertiary/aromatic N) is 3. The lowest BCUT2D eigenvalue weighted by Crippen LogP contribution is -2.08. The van der Waals surface area contributed by atoms with Gasteiger partial charge < -0.3 is 9.47 Å². The predicted molar refractivity (Wildman–Crippen MR) is 103 cm³/mol. The molecule has 0 atom stereocenters. The van der Waals surface area contributed by atoms with Crippen LogP contribution in [0.25, 0.3) is 4.85 Å². The van der Waals surface area contributed by atoms with E-state index in [0.717, 1.165) is 4.47 Å². The SMILES string of the molecule is CCOC(=O)Cc1ncccc1Br.[C-]#[N+]c1cccnc1CC(=O)OCC. The molecule has 7 nitrogen and oxygen atoms in total. The van der Waals surface area contributed by atoms with E-state index >= 15 is 0 Å². The van der Waals surface area contributed by atoms with Crippen molar-refractivity contribution in [2.45, 2.75) is 26.7 Å². The Morgan fingerprint density at radius 3 is 2.04 bits per heavy atom. The van der Waals surface area contributed by atoms with Crippen molar-refractivity contribution in [3.63, 3.8) is 0 Å². The lowest BCUT2D eigenvalue weighted by atomic mass is 10.2. The summed E-state index contributed by atoms with van der Waals surface area (Å²) in [7, 11) is 0. The summed E-state index contributed by atoms with van der Waals surface area (Å²) >= 11 is 3.31. The van der Waals surface area contributed by atoms with Crippen LogP contribution in [0.5, 0.6) is 0 Å². The van der Waals surface area contributed by atoms with Gasteiger partial charge in [-0.2, -0.15) is 0 Å². The van der Waals surface area contributed by atoms with Crippen LogP contribution in [-0.2, 0) is 31.9 Å². The summed E-state index contributed by atoms with van der Waals surface area (Å²) in [6.07, 6.45) is 3.49. The second kappa shape index (κ2) is 12.5. The Morgan fingerprint density at radius 1 is 1.00 bits per heavy atom. The summed E-state index contributed by atoms with van der Waals surface area (Å²) in [5.41, 5.74) is 1.59. The fraction of sp³-hybridized carbons (Fsp3) is 0.316. The molecule has 0 amide bonds. The topological polar surface area (TPSA) is 82.7 Å². The molecule has 0 aromatic carbocycles. The molecule has 2 heterocycles. The highest BCUT2D eigenvalue weighted by Crippen LogP contribution is 2.16. The normalized spacial score (nSPS) is 9.41. The number of halogens is 1. The summed E-state index contributed by atoms with van der Waals surface area (Å²) < 4.78 is 10.4. The molecular weight excluding hydrogens is 414 g/mol. The number of hydrogen-bond acceptors (Lipinski definition) is 6. The van der Waals surface area contributed by atoms with Crippen molar-refractivity contribution < 1.29 is 19.1 Å². The molecule has 0 aliphatic rings. The molecule has 0 saturated heterocycles. The van der Waals surface area contributed by atoms with Crippen molar-refractivity contribution in [2.75, 3.05) is 13.2 Å². The third-order valence-corrected chi connectivity index (χ3v) is 3.78. The van der Waals surface area contributed by atoms with Crippen LogP contribution in [0, 0.1) is 6.57 Å². The fourth-order valence-corrected chi connectivity index (χ4v) is 2.31. The average molecular weight is 434 g/mol. The van der Waals surface area contributed by atoms with Crippen LogP contribution in [0.3, 0.4) is 0 Å². The Hall–Kier alpha value is -2.79. The molecule has 0 N–H and O–H groups in total. The molecule has 0 aliphatic heterocycles. The van der Waals surface area contributed by atoms with E-state index in [0.29, 0.717) is 30.3 Å². The van der Waals surface area contributed by atoms with E-state index < -0.39 is 0 Å². The minimum absolute atomic E-state index is 0.0619. The van der Waals surface area contributed by atoms with Gasteiger partial charge in [0.2, 0.25) is 5.69 Å². The molecule has 2 aromatic heterocycles. The van der Waals surface area contributed by atoms with E-state index in [1.54, 1.807) is 44.4 Å². The quantitative estimate of drug-likeness (QED) is 0.510. The van der Waals surface area contributed by atoms with Gasteiger partial charge in [0, 0.05) is 16.9 Å². The van der Waals surface area contributed by atoms with Gasteiger partial charge in [-0.1, -0.05) is 12.1 Å². The first-order valence-corrected chi connectivity index (χ1v) is 9.03. The van der Waals surface area contributed by atoms with Gasteiger partial charge in [0.15, 0.2) is 0 Å². The van der Waals surface area contributed by atoms with Crippen LogP contribution in [0.1, 0.15) is 25.2 Å². The monoisotopic (exact) mass is 433 g/mol. The van der Waals surface area contributed by atoms with Gasteiger partial charge in [-0.15, -0.1) is 0 Å². The zero-order valence-corrected chi connectivity index (χ0v) is 16.7. The first-order chi connectivity index (χ1) is 13.0. The smallest absolute Gasteiger partial charge is 0.311 e. The molecule has 0 saturated carbocycles. The first kappa shape index (κ1) is 22.3. The number of carbonyl (C=O) groups is 2. The highest BCUT2D eigenvalue weighted by Gasteiger charge is 2.09. The zero-order valence-electron chi connectivity index (χ0n) is 15.1. The van der Waals surface area contributed by atoms with Gasteiger partial charge in [0.25, 0.3) is 0 Å². The highest BCUT2D eigenvalue weighted by molar-refractivity contribution is 9.10. The number of carbonyl (C=O) groups excluding carboxylic acids is 2. The number of aromatic nitrogens is 2. The zero-order chi connectivity index (χ0) is 20.1. The molecule has 0 fully saturated rings. The minimum atomic E-state index is -0.351. The maximum Gasteiger partial charge on any atom is 0.311 e. The van der Waals surface area contributed by atoms with Gasteiger partial charge in [-0.05, 0) is 41.9 Å². The van der Waals surface area contributed by atoms with Crippen LogP contribution < -0.4 is 0 Å². The van der Waals surface area contributed by atoms with Crippen LogP contribution in [0.2, 0.25) is 0 Å². The Morgan fingerprint density at radius 2 is 1.52 bits per heavy atom. The summed E-state index contributed by atoms with van der Waals surface area (Å²) in [4.78, 5) is 33.5. The molecule has 142 valence electrons. The van der Waals surface area contributed by atoms with Crippen LogP contribution >= 0.6 is 15.9 Å². The van der Waals surface area contributed by atoms with Crippen LogP contribution in [0.4, 0.5) is 5.69 Å². The van der Waals surface area contributed by atoms with Crippen molar-refractivity contribution in [1.29, 1.82) is 0 Å². The van der Waals surface area contributed by atoms with E-state index in [2.05, 4.69) is 30.7 Å². The van der Waals surface area contributed by atoms with Crippen molar-refractivity contribution in [1.82, 2.24) is 9.97 Å². The third kappa shape index (κ3) is 8.42.